The molecule has 5 nitrogen and oxygen atoms in total. The molecule has 7 heteroatoms. The highest BCUT2D eigenvalue weighted by molar-refractivity contribution is 7.07. The van der Waals surface area contributed by atoms with E-state index in [2.05, 4.69) is 43.3 Å². The van der Waals surface area contributed by atoms with Crippen LogP contribution >= 0.6 is 22.9 Å². The van der Waals surface area contributed by atoms with Gasteiger partial charge in [0.25, 0.3) is 0 Å². The summed E-state index contributed by atoms with van der Waals surface area (Å²) in [5.74, 6) is 1.90. The molecule has 3 aromatic heterocycles. The molecular weight excluding hydrogens is 308 g/mol. The number of aromatic nitrogens is 4. The van der Waals surface area contributed by atoms with Gasteiger partial charge in [-0.2, -0.15) is 16.3 Å². The first-order valence-corrected chi connectivity index (χ1v) is 8.07. The minimum atomic E-state index is 0.138. The number of nitrogens with zero attached hydrogens (tertiary/aromatic N) is 4. The third-order valence-corrected chi connectivity index (χ3v) is 4.33. The van der Waals surface area contributed by atoms with Gasteiger partial charge in [0.1, 0.15) is 12.2 Å². The molecule has 0 radical (unpaired) electrons. The minimum absolute atomic E-state index is 0.138. The Balaban J connectivity index is 2.21. The van der Waals surface area contributed by atoms with Crippen molar-refractivity contribution in [2.75, 3.05) is 13.0 Å². The van der Waals surface area contributed by atoms with Crippen molar-refractivity contribution in [3.63, 3.8) is 0 Å². The van der Waals surface area contributed by atoms with E-state index in [-0.39, 0.29) is 6.04 Å². The number of thiophene rings is 1. The van der Waals surface area contributed by atoms with Crippen molar-refractivity contribution in [2.24, 2.45) is 0 Å². The van der Waals surface area contributed by atoms with Crippen molar-refractivity contribution >= 4 is 34.1 Å². The summed E-state index contributed by atoms with van der Waals surface area (Å²) in [4.78, 5) is 13.2. The number of halogens is 1. The molecule has 3 aromatic rings. The van der Waals surface area contributed by atoms with Gasteiger partial charge in [-0.1, -0.05) is 0 Å². The Morgan fingerprint density at radius 2 is 2.29 bits per heavy atom. The van der Waals surface area contributed by atoms with E-state index in [1.54, 1.807) is 18.4 Å². The predicted octanol–water partition coefficient (Wildman–Crippen LogP) is 3.29. The summed E-state index contributed by atoms with van der Waals surface area (Å²) in [6, 6.07) is 2.25. The standard InChI is InChI=1S/C14H15ClN4OS/c1-9(10-4-6-21-7-10)19-11(3-5-15)18-12-13(19)16-8-17-14(12)20-2/h4,6-9H,3,5H2,1-2H3. The fourth-order valence-corrected chi connectivity index (χ4v) is 3.33. The number of methoxy groups -OCH3 is 1. The Morgan fingerprint density at radius 3 is 2.95 bits per heavy atom. The molecule has 0 spiro atoms. The minimum Gasteiger partial charge on any atom is -0.479 e. The van der Waals surface area contributed by atoms with Gasteiger partial charge in [0.15, 0.2) is 11.2 Å². The highest BCUT2D eigenvalue weighted by Crippen LogP contribution is 2.29. The molecule has 21 heavy (non-hydrogen) atoms. The van der Waals surface area contributed by atoms with E-state index in [1.807, 2.05) is 0 Å². The number of fused-ring (bicyclic) bond motifs is 1. The van der Waals surface area contributed by atoms with Crippen LogP contribution in [-0.4, -0.2) is 32.5 Å². The van der Waals surface area contributed by atoms with Crippen molar-refractivity contribution in [1.29, 1.82) is 0 Å². The normalized spacial score (nSPS) is 12.7. The Kier molecular flexibility index (Phi) is 4.07. The molecule has 0 bridgehead atoms. The van der Waals surface area contributed by atoms with Gasteiger partial charge >= 0.3 is 0 Å². The largest absolute Gasteiger partial charge is 0.479 e. The summed E-state index contributed by atoms with van der Waals surface area (Å²) in [6.45, 7) is 2.13. The Morgan fingerprint density at radius 1 is 1.43 bits per heavy atom. The van der Waals surface area contributed by atoms with Crippen molar-refractivity contribution in [1.82, 2.24) is 19.5 Å². The fourth-order valence-electron chi connectivity index (χ4n) is 2.41. The van der Waals surface area contributed by atoms with Crippen molar-refractivity contribution in [2.45, 2.75) is 19.4 Å². The van der Waals surface area contributed by atoms with E-state index >= 15 is 0 Å². The van der Waals surface area contributed by atoms with Crippen LogP contribution in [0.5, 0.6) is 5.88 Å². The van der Waals surface area contributed by atoms with Crippen molar-refractivity contribution < 1.29 is 4.74 Å². The quantitative estimate of drug-likeness (QED) is 0.676. The van der Waals surface area contributed by atoms with Gasteiger partial charge in [-0.3, -0.25) is 0 Å². The maximum Gasteiger partial charge on any atom is 0.245 e. The van der Waals surface area contributed by atoms with Gasteiger partial charge in [0.05, 0.1) is 13.2 Å². The molecule has 0 amide bonds. The third-order valence-electron chi connectivity index (χ3n) is 3.44. The average Bonchev–Trinajstić information content (AvgIpc) is 3.14. The molecular formula is C14H15ClN4OS. The predicted molar refractivity (Wildman–Crippen MR) is 84.4 cm³/mol. The lowest BCUT2D eigenvalue weighted by Crippen LogP contribution is -2.11. The van der Waals surface area contributed by atoms with Gasteiger partial charge in [-0.25, -0.2) is 9.97 Å². The van der Waals surface area contributed by atoms with E-state index in [0.717, 1.165) is 11.5 Å². The molecule has 0 saturated heterocycles. The molecule has 0 N–H and O–H groups in total. The van der Waals surface area contributed by atoms with Crippen LogP contribution in [-0.2, 0) is 6.42 Å². The number of alkyl halides is 1. The zero-order valence-electron chi connectivity index (χ0n) is 11.8. The summed E-state index contributed by atoms with van der Waals surface area (Å²) in [5.41, 5.74) is 2.69. The van der Waals surface area contributed by atoms with Crippen LogP contribution in [0.3, 0.4) is 0 Å². The van der Waals surface area contributed by atoms with Gasteiger partial charge < -0.3 is 9.30 Å². The van der Waals surface area contributed by atoms with Crippen LogP contribution in [0.4, 0.5) is 0 Å². The lowest BCUT2D eigenvalue weighted by Gasteiger charge is -2.15. The second kappa shape index (κ2) is 5.99. The highest BCUT2D eigenvalue weighted by Gasteiger charge is 2.20. The van der Waals surface area contributed by atoms with Crippen LogP contribution in [0.1, 0.15) is 24.4 Å². The Labute approximate surface area is 131 Å². The van der Waals surface area contributed by atoms with E-state index in [9.17, 15) is 0 Å². The maximum atomic E-state index is 5.92. The van der Waals surface area contributed by atoms with E-state index in [0.29, 0.717) is 23.7 Å². The highest BCUT2D eigenvalue weighted by atomic mass is 35.5. The summed E-state index contributed by atoms with van der Waals surface area (Å²) in [6.07, 6.45) is 2.18. The van der Waals surface area contributed by atoms with Gasteiger partial charge in [-0.15, -0.1) is 11.6 Å². The summed E-state index contributed by atoms with van der Waals surface area (Å²) in [5, 5.41) is 4.21. The first-order chi connectivity index (χ1) is 10.3. The monoisotopic (exact) mass is 322 g/mol. The summed E-state index contributed by atoms with van der Waals surface area (Å²) in [7, 11) is 1.59. The number of hydrogen-bond donors (Lipinski definition) is 0. The maximum absolute atomic E-state index is 5.92. The fraction of sp³-hybridized carbons (Fsp3) is 0.357. The van der Waals surface area contributed by atoms with E-state index < -0.39 is 0 Å². The SMILES string of the molecule is COc1ncnc2c1nc(CCCl)n2C(C)c1ccsc1. The van der Waals surface area contributed by atoms with E-state index in [1.165, 1.54) is 11.9 Å². The second-order valence-corrected chi connectivity index (χ2v) is 5.78. The van der Waals surface area contributed by atoms with Gasteiger partial charge in [0.2, 0.25) is 5.88 Å². The molecule has 1 unspecified atom stereocenters. The van der Waals surface area contributed by atoms with Crippen LogP contribution in [0, 0.1) is 0 Å². The zero-order valence-corrected chi connectivity index (χ0v) is 13.4. The average molecular weight is 323 g/mol. The lowest BCUT2D eigenvalue weighted by atomic mass is 10.2. The van der Waals surface area contributed by atoms with Gasteiger partial charge in [-0.05, 0) is 29.3 Å². The van der Waals surface area contributed by atoms with Crippen LogP contribution in [0.15, 0.2) is 23.2 Å². The van der Waals surface area contributed by atoms with Crippen molar-refractivity contribution in [3.05, 3.63) is 34.5 Å². The third kappa shape index (κ3) is 2.49. The number of rotatable bonds is 5. The number of hydrogen-bond acceptors (Lipinski definition) is 5. The molecule has 0 fully saturated rings. The number of imidazole rings is 1. The second-order valence-electron chi connectivity index (χ2n) is 4.62. The molecule has 3 rings (SSSR count). The first kappa shape index (κ1) is 14.3. The van der Waals surface area contributed by atoms with Gasteiger partial charge in [0, 0.05) is 12.3 Å². The molecule has 0 aliphatic heterocycles. The molecule has 0 saturated carbocycles. The van der Waals surface area contributed by atoms with Crippen LogP contribution in [0.2, 0.25) is 0 Å². The molecule has 0 aromatic carbocycles. The van der Waals surface area contributed by atoms with Crippen LogP contribution in [0.25, 0.3) is 11.2 Å². The van der Waals surface area contributed by atoms with E-state index in [4.69, 9.17) is 16.3 Å². The van der Waals surface area contributed by atoms with Crippen LogP contribution < -0.4 is 4.74 Å². The Hall–Kier alpha value is -1.66. The molecule has 3 heterocycles. The number of ether oxygens (including phenoxy) is 1. The lowest BCUT2D eigenvalue weighted by molar-refractivity contribution is 0.401. The zero-order chi connectivity index (χ0) is 14.8. The molecule has 110 valence electrons. The topological polar surface area (TPSA) is 52.8 Å². The van der Waals surface area contributed by atoms with Crippen molar-refractivity contribution in [3.8, 4) is 5.88 Å². The molecule has 0 aliphatic rings. The smallest absolute Gasteiger partial charge is 0.245 e. The molecule has 0 aliphatic carbocycles. The summed E-state index contributed by atoms with van der Waals surface area (Å²) < 4.78 is 7.40. The summed E-state index contributed by atoms with van der Waals surface area (Å²) >= 11 is 7.60. The first-order valence-electron chi connectivity index (χ1n) is 6.60. The molecule has 1 atom stereocenters. The Bertz CT molecular complexity index is 741. The number of aryl methyl sites for hydroxylation is 1.